The second-order valence-corrected chi connectivity index (χ2v) is 3.83. The van der Waals surface area contributed by atoms with Crippen LogP contribution >= 0.6 is 12.4 Å². The Labute approximate surface area is 110 Å². The van der Waals surface area contributed by atoms with Crippen molar-refractivity contribution in [2.75, 3.05) is 14.2 Å². The van der Waals surface area contributed by atoms with Crippen molar-refractivity contribution in [2.24, 2.45) is 5.73 Å². The van der Waals surface area contributed by atoms with Crippen LogP contribution in [0.1, 0.15) is 37.8 Å². The lowest BCUT2D eigenvalue weighted by Crippen LogP contribution is -2.11. The van der Waals surface area contributed by atoms with Crippen molar-refractivity contribution in [1.82, 2.24) is 0 Å². The highest BCUT2D eigenvalue weighted by Crippen LogP contribution is 2.35. The molecule has 0 aliphatic rings. The fourth-order valence-electron chi connectivity index (χ4n) is 1.78. The van der Waals surface area contributed by atoms with Crippen LogP contribution < -0.4 is 15.2 Å². The monoisotopic (exact) mass is 259 g/mol. The normalized spacial score (nSPS) is 11.5. The van der Waals surface area contributed by atoms with E-state index in [1.54, 1.807) is 14.2 Å². The molecular formula is C13H22ClNO2. The maximum absolute atomic E-state index is 6.15. The molecule has 1 aromatic rings. The van der Waals surface area contributed by atoms with Crippen LogP contribution in [0.4, 0.5) is 0 Å². The van der Waals surface area contributed by atoms with Crippen molar-refractivity contribution in [1.29, 1.82) is 0 Å². The van der Waals surface area contributed by atoms with E-state index in [1.807, 2.05) is 18.2 Å². The highest BCUT2D eigenvalue weighted by atomic mass is 35.5. The number of nitrogens with two attached hydrogens (primary N) is 1. The summed E-state index contributed by atoms with van der Waals surface area (Å²) in [4.78, 5) is 0. The van der Waals surface area contributed by atoms with E-state index in [1.165, 1.54) is 0 Å². The molecule has 0 spiro atoms. The van der Waals surface area contributed by atoms with Crippen LogP contribution in [-0.2, 0) is 0 Å². The topological polar surface area (TPSA) is 44.5 Å². The first-order valence-electron chi connectivity index (χ1n) is 5.71. The molecule has 17 heavy (non-hydrogen) atoms. The van der Waals surface area contributed by atoms with E-state index >= 15 is 0 Å². The second kappa shape index (κ2) is 8.20. The van der Waals surface area contributed by atoms with Gasteiger partial charge in [-0.3, -0.25) is 0 Å². The van der Waals surface area contributed by atoms with Gasteiger partial charge in [0, 0.05) is 11.6 Å². The minimum absolute atomic E-state index is 0. The molecule has 0 aliphatic carbocycles. The molecule has 0 bridgehead atoms. The van der Waals surface area contributed by atoms with Crippen molar-refractivity contribution in [3.63, 3.8) is 0 Å². The minimum atomic E-state index is 0. The van der Waals surface area contributed by atoms with E-state index < -0.39 is 0 Å². The van der Waals surface area contributed by atoms with Crippen LogP contribution in [0, 0.1) is 0 Å². The maximum atomic E-state index is 6.15. The van der Waals surface area contributed by atoms with E-state index in [-0.39, 0.29) is 18.4 Å². The van der Waals surface area contributed by atoms with Crippen LogP contribution in [-0.4, -0.2) is 14.2 Å². The molecule has 2 N–H and O–H groups in total. The summed E-state index contributed by atoms with van der Waals surface area (Å²) in [5.41, 5.74) is 7.17. The molecule has 1 atom stereocenters. The fourth-order valence-corrected chi connectivity index (χ4v) is 1.78. The predicted molar refractivity (Wildman–Crippen MR) is 73.2 cm³/mol. The molecule has 4 heteroatoms. The number of halogens is 1. The van der Waals surface area contributed by atoms with Gasteiger partial charge in [-0.05, 0) is 12.5 Å². The summed E-state index contributed by atoms with van der Waals surface area (Å²) in [6.45, 7) is 2.16. The zero-order valence-electron chi connectivity index (χ0n) is 10.7. The number of para-hydroxylation sites is 1. The highest BCUT2D eigenvalue weighted by Gasteiger charge is 2.14. The number of ether oxygens (including phenoxy) is 2. The zero-order valence-corrected chi connectivity index (χ0v) is 11.5. The van der Waals surface area contributed by atoms with Crippen molar-refractivity contribution in [3.05, 3.63) is 23.8 Å². The molecule has 0 fully saturated rings. The molecule has 0 heterocycles. The van der Waals surface area contributed by atoms with Gasteiger partial charge in [0.15, 0.2) is 11.5 Å². The molecule has 0 saturated heterocycles. The van der Waals surface area contributed by atoms with E-state index in [0.29, 0.717) is 0 Å². The number of hydrogen-bond donors (Lipinski definition) is 1. The summed E-state index contributed by atoms with van der Waals surface area (Å²) in [7, 11) is 3.28. The summed E-state index contributed by atoms with van der Waals surface area (Å²) >= 11 is 0. The number of unbranched alkanes of at least 4 members (excludes halogenated alkanes) is 1. The lowest BCUT2D eigenvalue weighted by molar-refractivity contribution is 0.348. The number of rotatable bonds is 6. The molecule has 0 amide bonds. The summed E-state index contributed by atoms with van der Waals surface area (Å²) in [5.74, 6) is 1.50. The second-order valence-electron chi connectivity index (χ2n) is 3.83. The summed E-state index contributed by atoms with van der Waals surface area (Å²) in [6, 6.07) is 5.85. The van der Waals surface area contributed by atoms with Gasteiger partial charge in [0.1, 0.15) is 0 Å². The average molecular weight is 260 g/mol. The average Bonchev–Trinajstić information content (AvgIpc) is 2.34. The van der Waals surface area contributed by atoms with E-state index in [2.05, 4.69) is 6.92 Å². The summed E-state index contributed by atoms with van der Waals surface area (Å²) in [6.07, 6.45) is 3.25. The number of benzene rings is 1. The Balaban J connectivity index is 0.00000256. The maximum Gasteiger partial charge on any atom is 0.165 e. The van der Waals surface area contributed by atoms with Crippen LogP contribution in [0.2, 0.25) is 0 Å². The van der Waals surface area contributed by atoms with Gasteiger partial charge in [-0.1, -0.05) is 31.9 Å². The van der Waals surface area contributed by atoms with Gasteiger partial charge in [-0.25, -0.2) is 0 Å². The molecular weight excluding hydrogens is 238 g/mol. The van der Waals surface area contributed by atoms with Gasteiger partial charge in [0.05, 0.1) is 14.2 Å². The molecule has 0 radical (unpaired) electrons. The van der Waals surface area contributed by atoms with Gasteiger partial charge in [0.2, 0.25) is 0 Å². The van der Waals surface area contributed by atoms with Crippen molar-refractivity contribution < 1.29 is 9.47 Å². The lowest BCUT2D eigenvalue weighted by Gasteiger charge is -2.17. The molecule has 0 unspecified atom stereocenters. The Morgan fingerprint density at radius 3 is 2.47 bits per heavy atom. The summed E-state index contributed by atoms with van der Waals surface area (Å²) < 4.78 is 10.6. The lowest BCUT2D eigenvalue weighted by atomic mass is 10.0. The van der Waals surface area contributed by atoms with E-state index in [4.69, 9.17) is 15.2 Å². The van der Waals surface area contributed by atoms with Crippen LogP contribution in [0.3, 0.4) is 0 Å². The van der Waals surface area contributed by atoms with E-state index in [9.17, 15) is 0 Å². The number of hydrogen-bond acceptors (Lipinski definition) is 3. The molecule has 0 aliphatic heterocycles. The zero-order chi connectivity index (χ0) is 12.0. The first kappa shape index (κ1) is 16.1. The molecule has 0 aromatic heterocycles. The largest absolute Gasteiger partial charge is 0.493 e. The van der Waals surface area contributed by atoms with Gasteiger partial charge in [-0.15, -0.1) is 12.4 Å². The molecule has 1 rings (SSSR count). The number of methoxy groups -OCH3 is 2. The minimum Gasteiger partial charge on any atom is -0.493 e. The first-order chi connectivity index (χ1) is 7.74. The Kier molecular flexibility index (Phi) is 7.75. The van der Waals surface area contributed by atoms with Crippen molar-refractivity contribution in [2.45, 2.75) is 32.2 Å². The smallest absolute Gasteiger partial charge is 0.165 e. The van der Waals surface area contributed by atoms with Crippen molar-refractivity contribution >= 4 is 12.4 Å². The van der Waals surface area contributed by atoms with Crippen molar-refractivity contribution in [3.8, 4) is 11.5 Å². The molecule has 0 saturated carbocycles. The third kappa shape index (κ3) is 4.10. The highest BCUT2D eigenvalue weighted by molar-refractivity contribution is 5.85. The SMILES string of the molecule is CCCC[C@H](N)c1cccc(OC)c1OC.Cl. The molecule has 98 valence electrons. The quantitative estimate of drug-likeness (QED) is 0.852. The van der Waals surface area contributed by atoms with Crippen LogP contribution in [0.5, 0.6) is 11.5 Å². The van der Waals surface area contributed by atoms with Gasteiger partial charge in [-0.2, -0.15) is 0 Å². The van der Waals surface area contributed by atoms with Gasteiger partial charge in [0.25, 0.3) is 0 Å². The van der Waals surface area contributed by atoms with Gasteiger partial charge >= 0.3 is 0 Å². The van der Waals surface area contributed by atoms with Crippen LogP contribution in [0.25, 0.3) is 0 Å². The third-order valence-electron chi connectivity index (χ3n) is 2.70. The Morgan fingerprint density at radius 2 is 1.94 bits per heavy atom. The molecule has 3 nitrogen and oxygen atoms in total. The fraction of sp³-hybridized carbons (Fsp3) is 0.538. The Morgan fingerprint density at radius 1 is 1.24 bits per heavy atom. The van der Waals surface area contributed by atoms with E-state index in [0.717, 1.165) is 36.3 Å². The van der Waals surface area contributed by atoms with Gasteiger partial charge < -0.3 is 15.2 Å². The first-order valence-corrected chi connectivity index (χ1v) is 5.71. The molecule has 1 aromatic carbocycles. The standard InChI is InChI=1S/C13H21NO2.ClH/c1-4-5-8-11(14)10-7-6-9-12(15-2)13(10)16-3;/h6-7,9,11H,4-5,8,14H2,1-3H3;1H/t11-;/m0./s1. The summed E-state index contributed by atoms with van der Waals surface area (Å²) in [5, 5.41) is 0. The van der Waals surface area contributed by atoms with Crippen LogP contribution in [0.15, 0.2) is 18.2 Å². The predicted octanol–water partition coefficient (Wildman–Crippen LogP) is 3.32. The third-order valence-corrected chi connectivity index (χ3v) is 2.70. The Bertz CT molecular complexity index is 331. The Hall–Kier alpha value is -0.930.